The van der Waals surface area contributed by atoms with E-state index >= 15 is 0 Å². The van der Waals surface area contributed by atoms with E-state index in [2.05, 4.69) is 10.3 Å². The Labute approximate surface area is 102 Å². The van der Waals surface area contributed by atoms with Gasteiger partial charge in [0.25, 0.3) is 5.91 Å². The van der Waals surface area contributed by atoms with Gasteiger partial charge >= 0.3 is 0 Å². The number of hydrogen-bond acceptors (Lipinski definition) is 3. The number of rotatable bonds is 3. The summed E-state index contributed by atoms with van der Waals surface area (Å²) in [5, 5.41) is 2.53. The molecule has 1 N–H and O–H groups in total. The van der Waals surface area contributed by atoms with Crippen molar-refractivity contribution in [1.29, 1.82) is 0 Å². The van der Waals surface area contributed by atoms with Gasteiger partial charge in [0.1, 0.15) is 6.29 Å². The van der Waals surface area contributed by atoms with E-state index in [0.29, 0.717) is 17.5 Å². The van der Waals surface area contributed by atoms with Crippen LogP contribution in [0.4, 0.5) is 10.1 Å². The third kappa shape index (κ3) is 2.57. The maximum absolute atomic E-state index is 13.3. The number of hydrogen-bond donors (Lipinski definition) is 1. The molecule has 0 saturated heterocycles. The van der Waals surface area contributed by atoms with Crippen molar-refractivity contribution in [3.63, 3.8) is 0 Å². The molecular weight excluding hydrogens is 235 g/mol. The molecule has 0 bridgehead atoms. The lowest BCUT2D eigenvalue weighted by Gasteiger charge is -2.05. The van der Waals surface area contributed by atoms with E-state index in [1.54, 1.807) is 24.3 Å². The van der Waals surface area contributed by atoms with Crippen LogP contribution in [0.15, 0.2) is 42.7 Å². The minimum atomic E-state index is -0.681. The lowest BCUT2D eigenvalue weighted by Crippen LogP contribution is -2.13. The summed E-state index contributed by atoms with van der Waals surface area (Å²) in [7, 11) is 0. The van der Waals surface area contributed by atoms with Gasteiger partial charge in [-0.3, -0.25) is 14.6 Å². The lowest BCUT2D eigenvalue weighted by atomic mass is 10.2. The van der Waals surface area contributed by atoms with Crippen molar-refractivity contribution >= 4 is 17.9 Å². The van der Waals surface area contributed by atoms with Crippen molar-refractivity contribution in [3.05, 3.63) is 59.7 Å². The van der Waals surface area contributed by atoms with Gasteiger partial charge in [0, 0.05) is 17.4 Å². The molecule has 1 amide bonds. The predicted octanol–water partition coefficient (Wildman–Crippen LogP) is 2.29. The summed E-state index contributed by atoms with van der Waals surface area (Å²) in [5.41, 5.74) is 0.911. The number of aromatic nitrogens is 1. The van der Waals surface area contributed by atoms with Crippen LogP contribution in [0, 0.1) is 5.82 Å². The number of nitrogens with zero attached hydrogens (tertiary/aromatic N) is 1. The van der Waals surface area contributed by atoms with Gasteiger partial charge in [-0.05, 0) is 30.3 Å². The number of carbonyl (C=O) groups is 2. The Bertz CT molecular complexity index is 582. The van der Waals surface area contributed by atoms with Gasteiger partial charge in [0.15, 0.2) is 5.82 Å². The summed E-state index contributed by atoms with van der Waals surface area (Å²) in [6, 6.07) is 7.56. The SMILES string of the molecule is O=Cc1ccc(NC(=O)c2ccncc2F)cc1. The zero-order valence-electron chi connectivity index (χ0n) is 9.26. The average Bonchev–Trinajstić information content (AvgIpc) is 2.40. The first-order valence-electron chi connectivity index (χ1n) is 5.17. The second-order valence-electron chi connectivity index (χ2n) is 3.55. The molecular formula is C13H9FN2O2. The molecule has 18 heavy (non-hydrogen) atoms. The summed E-state index contributed by atoms with van der Waals surface area (Å²) in [6.07, 6.45) is 3.02. The number of aldehydes is 1. The van der Waals surface area contributed by atoms with Crippen LogP contribution in [0.2, 0.25) is 0 Å². The van der Waals surface area contributed by atoms with Gasteiger partial charge < -0.3 is 5.32 Å². The second kappa shape index (κ2) is 5.18. The average molecular weight is 244 g/mol. The van der Waals surface area contributed by atoms with E-state index in [1.807, 2.05) is 0 Å². The normalized spacial score (nSPS) is 9.83. The van der Waals surface area contributed by atoms with Crippen LogP contribution >= 0.6 is 0 Å². The molecule has 5 heteroatoms. The molecule has 2 aromatic rings. The summed E-state index contributed by atoms with van der Waals surface area (Å²) in [6.45, 7) is 0. The lowest BCUT2D eigenvalue weighted by molar-refractivity contribution is 0.102. The Hall–Kier alpha value is -2.56. The Morgan fingerprint density at radius 2 is 1.94 bits per heavy atom. The number of halogens is 1. The first kappa shape index (κ1) is 11.9. The molecule has 90 valence electrons. The molecule has 0 aliphatic rings. The molecule has 0 atom stereocenters. The van der Waals surface area contributed by atoms with E-state index in [-0.39, 0.29) is 5.56 Å². The molecule has 0 fully saturated rings. The Morgan fingerprint density at radius 3 is 2.56 bits per heavy atom. The van der Waals surface area contributed by atoms with Crippen molar-refractivity contribution in [2.45, 2.75) is 0 Å². The van der Waals surface area contributed by atoms with Gasteiger partial charge in [-0.15, -0.1) is 0 Å². The molecule has 4 nitrogen and oxygen atoms in total. The largest absolute Gasteiger partial charge is 0.322 e. The first-order chi connectivity index (χ1) is 8.70. The van der Waals surface area contributed by atoms with Crippen LogP contribution in [0.25, 0.3) is 0 Å². The van der Waals surface area contributed by atoms with Gasteiger partial charge in [-0.2, -0.15) is 0 Å². The van der Waals surface area contributed by atoms with Crippen molar-refractivity contribution in [2.75, 3.05) is 5.32 Å². The quantitative estimate of drug-likeness (QED) is 0.842. The molecule has 0 aliphatic carbocycles. The number of pyridine rings is 1. The molecule has 0 radical (unpaired) electrons. The smallest absolute Gasteiger partial charge is 0.258 e. The molecule has 0 aliphatic heterocycles. The van der Waals surface area contributed by atoms with Crippen LogP contribution in [-0.4, -0.2) is 17.2 Å². The van der Waals surface area contributed by atoms with E-state index in [4.69, 9.17) is 0 Å². The van der Waals surface area contributed by atoms with Crippen LogP contribution in [0.3, 0.4) is 0 Å². The maximum atomic E-state index is 13.3. The van der Waals surface area contributed by atoms with Crippen molar-refractivity contribution in [3.8, 4) is 0 Å². The number of nitrogens with one attached hydrogen (secondary N) is 1. The standard InChI is InChI=1S/C13H9FN2O2/c14-12-7-15-6-5-11(12)13(18)16-10-3-1-9(8-17)2-4-10/h1-8H,(H,16,18). The van der Waals surface area contributed by atoms with Gasteiger partial charge in [-0.1, -0.05) is 0 Å². The Kier molecular flexibility index (Phi) is 3.43. The third-order valence-corrected chi connectivity index (χ3v) is 2.32. The summed E-state index contributed by atoms with van der Waals surface area (Å²) >= 11 is 0. The molecule has 1 aromatic heterocycles. The minimum absolute atomic E-state index is 0.0792. The summed E-state index contributed by atoms with van der Waals surface area (Å²) < 4.78 is 13.3. The fraction of sp³-hybridized carbons (Fsp3) is 0. The zero-order valence-corrected chi connectivity index (χ0v) is 9.26. The number of anilines is 1. The minimum Gasteiger partial charge on any atom is -0.322 e. The maximum Gasteiger partial charge on any atom is 0.258 e. The van der Waals surface area contributed by atoms with Crippen molar-refractivity contribution < 1.29 is 14.0 Å². The Balaban J connectivity index is 2.16. The summed E-state index contributed by atoms with van der Waals surface area (Å²) in [4.78, 5) is 25.8. The molecule has 1 aromatic carbocycles. The fourth-order valence-corrected chi connectivity index (χ4v) is 1.40. The van der Waals surface area contributed by atoms with Gasteiger partial charge in [0.2, 0.25) is 0 Å². The molecule has 0 spiro atoms. The molecule has 1 heterocycles. The van der Waals surface area contributed by atoms with Gasteiger partial charge in [0.05, 0.1) is 11.8 Å². The topological polar surface area (TPSA) is 59.1 Å². The fourth-order valence-electron chi connectivity index (χ4n) is 1.40. The second-order valence-corrected chi connectivity index (χ2v) is 3.55. The van der Waals surface area contributed by atoms with Crippen LogP contribution in [0.5, 0.6) is 0 Å². The van der Waals surface area contributed by atoms with E-state index in [1.165, 1.54) is 12.3 Å². The third-order valence-electron chi connectivity index (χ3n) is 2.32. The highest BCUT2D eigenvalue weighted by molar-refractivity contribution is 6.04. The zero-order chi connectivity index (χ0) is 13.0. The highest BCUT2D eigenvalue weighted by Crippen LogP contribution is 2.11. The molecule has 2 rings (SSSR count). The number of amides is 1. The van der Waals surface area contributed by atoms with E-state index in [0.717, 1.165) is 6.20 Å². The van der Waals surface area contributed by atoms with Crippen molar-refractivity contribution in [1.82, 2.24) is 4.98 Å². The van der Waals surface area contributed by atoms with Crippen LogP contribution < -0.4 is 5.32 Å². The van der Waals surface area contributed by atoms with Crippen LogP contribution in [0.1, 0.15) is 20.7 Å². The molecule has 0 unspecified atom stereocenters. The highest BCUT2D eigenvalue weighted by atomic mass is 19.1. The van der Waals surface area contributed by atoms with Crippen molar-refractivity contribution in [2.24, 2.45) is 0 Å². The number of carbonyl (C=O) groups excluding carboxylic acids is 2. The predicted molar refractivity (Wildman–Crippen MR) is 64.0 cm³/mol. The monoisotopic (exact) mass is 244 g/mol. The Morgan fingerprint density at radius 1 is 1.22 bits per heavy atom. The van der Waals surface area contributed by atoms with Crippen LogP contribution in [-0.2, 0) is 0 Å². The van der Waals surface area contributed by atoms with E-state index < -0.39 is 11.7 Å². The van der Waals surface area contributed by atoms with Gasteiger partial charge in [-0.25, -0.2) is 4.39 Å². The highest BCUT2D eigenvalue weighted by Gasteiger charge is 2.11. The number of benzene rings is 1. The molecule has 0 saturated carbocycles. The summed E-state index contributed by atoms with van der Waals surface area (Å²) in [5.74, 6) is -1.24. The first-order valence-corrected chi connectivity index (χ1v) is 5.17. The van der Waals surface area contributed by atoms with E-state index in [9.17, 15) is 14.0 Å².